The fourth-order valence-electron chi connectivity index (χ4n) is 4.05. The molecule has 0 atom stereocenters. The summed E-state index contributed by atoms with van der Waals surface area (Å²) in [7, 11) is 3.21. The van der Waals surface area contributed by atoms with Crippen LogP contribution in [0.25, 0.3) is 11.1 Å². The molecule has 2 aromatic rings. The Hall–Kier alpha value is -3.36. The number of hydrogen-bond donors (Lipinski definition) is 0. The van der Waals surface area contributed by atoms with Gasteiger partial charge in [-0.15, -0.1) is 0 Å². The molecule has 0 radical (unpaired) electrons. The SMILES string of the molecule is COc1cc(COCC=C(C)C)c(-c2c(COCC=C(C)C)cc(OC)c3c2OCO3)c2c1OCO2. The summed E-state index contributed by atoms with van der Waals surface area (Å²) in [4.78, 5) is 0. The van der Waals surface area contributed by atoms with Gasteiger partial charge in [0.25, 0.3) is 0 Å². The van der Waals surface area contributed by atoms with E-state index in [0.717, 1.165) is 22.3 Å². The Balaban J connectivity index is 1.86. The van der Waals surface area contributed by atoms with Crippen molar-refractivity contribution in [2.75, 3.05) is 41.0 Å². The molecule has 8 nitrogen and oxygen atoms in total. The largest absolute Gasteiger partial charge is 0.493 e. The average Bonchev–Trinajstić information content (AvgIpc) is 3.53. The first-order valence-corrected chi connectivity index (χ1v) is 11.9. The van der Waals surface area contributed by atoms with E-state index in [9.17, 15) is 0 Å². The highest BCUT2D eigenvalue weighted by atomic mass is 16.7. The van der Waals surface area contributed by atoms with Crippen molar-refractivity contribution in [3.05, 3.63) is 46.6 Å². The van der Waals surface area contributed by atoms with Crippen molar-refractivity contribution in [2.24, 2.45) is 0 Å². The molecule has 4 rings (SSSR count). The molecule has 0 aromatic heterocycles. The Morgan fingerprint density at radius 3 is 1.42 bits per heavy atom. The normalized spacial score (nSPS) is 12.9. The Labute approximate surface area is 212 Å². The Bertz CT molecular complexity index is 1070. The molecular formula is C28H34O8. The van der Waals surface area contributed by atoms with Gasteiger partial charge in [-0.2, -0.15) is 0 Å². The van der Waals surface area contributed by atoms with Gasteiger partial charge in [0.15, 0.2) is 23.0 Å². The zero-order chi connectivity index (χ0) is 25.7. The molecule has 36 heavy (non-hydrogen) atoms. The molecule has 0 saturated carbocycles. The molecule has 2 aromatic carbocycles. The fraction of sp³-hybridized carbons (Fsp3) is 0.429. The van der Waals surface area contributed by atoms with Gasteiger partial charge in [0, 0.05) is 11.1 Å². The number of ether oxygens (including phenoxy) is 8. The van der Waals surface area contributed by atoms with Crippen LogP contribution in [0.2, 0.25) is 0 Å². The Morgan fingerprint density at radius 1 is 0.667 bits per heavy atom. The third kappa shape index (κ3) is 5.39. The van der Waals surface area contributed by atoms with Gasteiger partial charge in [-0.1, -0.05) is 23.3 Å². The number of fused-ring (bicyclic) bond motifs is 2. The highest BCUT2D eigenvalue weighted by Gasteiger charge is 2.34. The van der Waals surface area contributed by atoms with E-state index in [1.54, 1.807) is 14.2 Å². The second-order valence-electron chi connectivity index (χ2n) is 8.95. The molecular weight excluding hydrogens is 464 g/mol. The Kier molecular flexibility index (Phi) is 8.28. The molecule has 2 aliphatic rings. The fourth-order valence-corrected chi connectivity index (χ4v) is 4.05. The maximum atomic E-state index is 6.02. The number of rotatable bonds is 11. The molecule has 0 bridgehead atoms. The number of benzene rings is 2. The summed E-state index contributed by atoms with van der Waals surface area (Å²) in [5.41, 5.74) is 5.70. The van der Waals surface area contributed by atoms with Crippen LogP contribution in [-0.2, 0) is 22.7 Å². The second-order valence-corrected chi connectivity index (χ2v) is 8.95. The standard InChI is InChI=1S/C28H34O8/c1-17(2)7-9-31-13-19-11-21(29-5)25-27(35-15-33-25)23(19)24-20(14-32-10-8-18(3)4)12-22(30-6)26-28(24)36-16-34-26/h7-8,11-12H,9-10,13-16H2,1-6H3. The Morgan fingerprint density at radius 2 is 1.06 bits per heavy atom. The summed E-state index contributed by atoms with van der Waals surface area (Å²) in [6.45, 7) is 9.95. The lowest BCUT2D eigenvalue weighted by Gasteiger charge is -2.20. The smallest absolute Gasteiger partial charge is 0.231 e. The summed E-state index contributed by atoms with van der Waals surface area (Å²) in [5, 5.41) is 0. The molecule has 0 saturated heterocycles. The van der Waals surface area contributed by atoms with Gasteiger partial charge >= 0.3 is 0 Å². The summed E-state index contributed by atoms with van der Waals surface area (Å²) in [5.74, 6) is 3.39. The van der Waals surface area contributed by atoms with Crippen molar-refractivity contribution in [1.29, 1.82) is 0 Å². The monoisotopic (exact) mass is 498 g/mol. The van der Waals surface area contributed by atoms with Crippen LogP contribution >= 0.6 is 0 Å². The molecule has 0 N–H and O–H groups in total. The van der Waals surface area contributed by atoms with E-state index in [4.69, 9.17) is 37.9 Å². The lowest BCUT2D eigenvalue weighted by Crippen LogP contribution is -2.04. The van der Waals surface area contributed by atoms with E-state index in [0.29, 0.717) is 60.9 Å². The van der Waals surface area contributed by atoms with E-state index >= 15 is 0 Å². The lowest BCUT2D eigenvalue weighted by atomic mass is 9.92. The van der Waals surface area contributed by atoms with Crippen molar-refractivity contribution in [1.82, 2.24) is 0 Å². The highest BCUT2D eigenvalue weighted by molar-refractivity contribution is 5.88. The van der Waals surface area contributed by atoms with E-state index in [1.807, 2.05) is 52.0 Å². The number of methoxy groups -OCH3 is 2. The average molecular weight is 499 g/mol. The minimum atomic E-state index is 0.0862. The van der Waals surface area contributed by atoms with Gasteiger partial charge < -0.3 is 37.9 Å². The lowest BCUT2D eigenvalue weighted by molar-refractivity contribution is 0.146. The van der Waals surface area contributed by atoms with Gasteiger partial charge in [-0.25, -0.2) is 0 Å². The topological polar surface area (TPSA) is 73.8 Å². The maximum absolute atomic E-state index is 6.02. The van der Waals surface area contributed by atoms with Crippen LogP contribution < -0.4 is 28.4 Å². The van der Waals surface area contributed by atoms with Gasteiger partial charge in [-0.05, 0) is 51.0 Å². The molecule has 0 unspecified atom stereocenters. The summed E-state index contributed by atoms with van der Waals surface area (Å²) >= 11 is 0. The van der Waals surface area contributed by atoms with Crippen molar-refractivity contribution < 1.29 is 37.9 Å². The third-order valence-electron chi connectivity index (χ3n) is 5.80. The van der Waals surface area contributed by atoms with E-state index < -0.39 is 0 Å². The quantitative estimate of drug-likeness (QED) is 0.285. The predicted molar refractivity (Wildman–Crippen MR) is 135 cm³/mol. The minimum absolute atomic E-state index is 0.0862. The number of allylic oxidation sites excluding steroid dienone is 2. The van der Waals surface area contributed by atoms with Crippen molar-refractivity contribution >= 4 is 0 Å². The maximum Gasteiger partial charge on any atom is 0.231 e. The second kappa shape index (κ2) is 11.6. The molecule has 0 fully saturated rings. The summed E-state index contributed by atoms with van der Waals surface area (Å²) in [6, 6.07) is 3.84. The van der Waals surface area contributed by atoms with Crippen LogP contribution in [0.4, 0.5) is 0 Å². The van der Waals surface area contributed by atoms with Gasteiger partial charge in [0.1, 0.15) is 0 Å². The van der Waals surface area contributed by atoms with Crippen LogP contribution in [0.1, 0.15) is 38.8 Å². The van der Waals surface area contributed by atoms with Crippen LogP contribution in [0.15, 0.2) is 35.4 Å². The minimum Gasteiger partial charge on any atom is -0.493 e. The van der Waals surface area contributed by atoms with Gasteiger partial charge in [0.05, 0.1) is 40.6 Å². The molecule has 194 valence electrons. The van der Waals surface area contributed by atoms with Crippen molar-refractivity contribution in [3.8, 4) is 45.6 Å². The van der Waals surface area contributed by atoms with Crippen LogP contribution in [-0.4, -0.2) is 41.0 Å². The predicted octanol–water partition coefficient (Wildman–Crippen LogP) is 5.79. The molecule has 0 amide bonds. The van der Waals surface area contributed by atoms with Gasteiger partial charge in [-0.3, -0.25) is 0 Å². The van der Waals surface area contributed by atoms with E-state index in [-0.39, 0.29) is 13.6 Å². The van der Waals surface area contributed by atoms with Crippen molar-refractivity contribution in [3.63, 3.8) is 0 Å². The van der Waals surface area contributed by atoms with Crippen LogP contribution in [0, 0.1) is 0 Å². The first-order chi connectivity index (χ1) is 17.4. The first kappa shape index (κ1) is 25.7. The molecule has 0 spiro atoms. The zero-order valence-corrected chi connectivity index (χ0v) is 21.8. The van der Waals surface area contributed by atoms with Crippen LogP contribution in [0.5, 0.6) is 34.5 Å². The summed E-state index contributed by atoms with van der Waals surface area (Å²) in [6.07, 6.45) is 4.07. The third-order valence-corrected chi connectivity index (χ3v) is 5.80. The highest BCUT2D eigenvalue weighted by Crippen LogP contribution is 2.56. The molecule has 2 heterocycles. The van der Waals surface area contributed by atoms with Gasteiger partial charge in [0.2, 0.25) is 25.1 Å². The first-order valence-electron chi connectivity index (χ1n) is 11.9. The molecule has 0 aliphatic carbocycles. The molecule has 8 heteroatoms. The molecule has 2 aliphatic heterocycles. The number of hydrogen-bond acceptors (Lipinski definition) is 8. The van der Waals surface area contributed by atoms with Crippen LogP contribution in [0.3, 0.4) is 0 Å². The van der Waals surface area contributed by atoms with E-state index in [1.165, 1.54) is 11.1 Å². The van der Waals surface area contributed by atoms with E-state index in [2.05, 4.69) is 0 Å². The zero-order valence-electron chi connectivity index (χ0n) is 21.8. The van der Waals surface area contributed by atoms with Crippen molar-refractivity contribution in [2.45, 2.75) is 40.9 Å². The summed E-state index contributed by atoms with van der Waals surface area (Å²) < 4.78 is 46.8.